The third kappa shape index (κ3) is 4.30. The largest absolute Gasteiger partial charge is 0.459 e. The Balaban J connectivity index is 1.42. The SMILES string of the molecule is O=C(N[C@@H](c1ccccc1)c1cc2ccccc2o1)c1ccc(S(=O)(=O)N2CCOCC2)o1. The smallest absolute Gasteiger partial charge is 0.287 e. The van der Waals surface area contributed by atoms with Crippen molar-refractivity contribution in [2.45, 2.75) is 11.1 Å². The van der Waals surface area contributed by atoms with Gasteiger partial charge in [-0.15, -0.1) is 0 Å². The highest BCUT2D eigenvalue weighted by atomic mass is 32.2. The number of hydrogen-bond acceptors (Lipinski definition) is 6. The van der Waals surface area contributed by atoms with Crippen molar-refractivity contribution in [2.75, 3.05) is 26.3 Å². The predicted octanol–water partition coefficient (Wildman–Crippen LogP) is 3.57. The molecule has 170 valence electrons. The average Bonchev–Trinajstić information content (AvgIpc) is 3.51. The minimum atomic E-state index is -3.84. The number of nitrogens with one attached hydrogen (secondary N) is 1. The predicted molar refractivity (Wildman–Crippen MR) is 120 cm³/mol. The van der Waals surface area contributed by atoms with Gasteiger partial charge in [0, 0.05) is 18.5 Å². The van der Waals surface area contributed by atoms with E-state index in [4.69, 9.17) is 13.6 Å². The van der Waals surface area contributed by atoms with Crippen LogP contribution in [0.5, 0.6) is 0 Å². The maximum absolute atomic E-state index is 13.1. The second-order valence-electron chi connectivity index (χ2n) is 7.64. The van der Waals surface area contributed by atoms with Crippen LogP contribution in [0.4, 0.5) is 0 Å². The molecule has 3 heterocycles. The van der Waals surface area contributed by atoms with Gasteiger partial charge < -0.3 is 18.9 Å². The molecule has 0 saturated carbocycles. The van der Waals surface area contributed by atoms with Crippen molar-refractivity contribution in [1.29, 1.82) is 0 Å². The standard InChI is InChI=1S/C24H22N2O6S/c27-24(20-10-11-22(32-20)33(28,29)26-12-14-30-15-13-26)25-23(17-6-2-1-3-7-17)21-16-18-8-4-5-9-19(18)31-21/h1-11,16,23H,12-15H2,(H,25,27)/t23-/m0/s1. The highest BCUT2D eigenvalue weighted by molar-refractivity contribution is 7.89. The maximum atomic E-state index is 13.1. The van der Waals surface area contributed by atoms with E-state index in [1.807, 2.05) is 60.7 Å². The summed E-state index contributed by atoms with van der Waals surface area (Å²) in [5.41, 5.74) is 1.53. The molecule has 0 bridgehead atoms. The lowest BCUT2D eigenvalue weighted by Crippen LogP contribution is -2.40. The summed E-state index contributed by atoms with van der Waals surface area (Å²) in [7, 11) is -3.84. The van der Waals surface area contributed by atoms with E-state index in [0.29, 0.717) is 24.6 Å². The lowest BCUT2D eigenvalue weighted by Gasteiger charge is -2.24. The molecule has 1 atom stereocenters. The minimum Gasteiger partial charge on any atom is -0.459 e. The molecule has 1 amide bonds. The number of ether oxygens (including phenoxy) is 1. The zero-order valence-corrected chi connectivity index (χ0v) is 18.5. The van der Waals surface area contributed by atoms with Gasteiger partial charge >= 0.3 is 0 Å². The molecule has 1 aliphatic rings. The Morgan fingerprint density at radius 3 is 2.39 bits per heavy atom. The van der Waals surface area contributed by atoms with Gasteiger partial charge in [-0.25, -0.2) is 8.42 Å². The Kier molecular flexibility index (Phi) is 5.76. The fourth-order valence-corrected chi connectivity index (χ4v) is 5.13. The van der Waals surface area contributed by atoms with Crippen LogP contribution in [-0.2, 0) is 14.8 Å². The molecule has 2 aromatic heterocycles. The fraction of sp³-hybridized carbons (Fsp3) is 0.208. The van der Waals surface area contributed by atoms with Gasteiger partial charge in [-0.3, -0.25) is 4.79 Å². The Morgan fingerprint density at radius 1 is 0.909 bits per heavy atom. The summed E-state index contributed by atoms with van der Waals surface area (Å²) in [5.74, 6) is -0.0879. The molecule has 9 heteroatoms. The molecule has 1 fully saturated rings. The van der Waals surface area contributed by atoms with Gasteiger partial charge in [-0.2, -0.15) is 4.31 Å². The van der Waals surface area contributed by atoms with Crippen molar-refractivity contribution in [3.63, 3.8) is 0 Å². The molecule has 0 aliphatic carbocycles. The first-order valence-corrected chi connectivity index (χ1v) is 12.0. The van der Waals surface area contributed by atoms with E-state index in [2.05, 4.69) is 5.32 Å². The molecular weight excluding hydrogens is 444 g/mol. The number of morpholine rings is 1. The fourth-order valence-electron chi connectivity index (χ4n) is 3.81. The highest BCUT2D eigenvalue weighted by Gasteiger charge is 2.31. The van der Waals surface area contributed by atoms with E-state index in [0.717, 1.165) is 10.9 Å². The van der Waals surface area contributed by atoms with Gasteiger partial charge in [0.15, 0.2) is 5.76 Å². The molecule has 4 aromatic rings. The van der Waals surface area contributed by atoms with Crippen LogP contribution in [0.3, 0.4) is 0 Å². The van der Waals surface area contributed by atoms with E-state index in [9.17, 15) is 13.2 Å². The topological polar surface area (TPSA) is 102 Å². The molecule has 2 aromatic carbocycles. The summed E-state index contributed by atoms with van der Waals surface area (Å²) >= 11 is 0. The van der Waals surface area contributed by atoms with Crippen molar-refractivity contribution in [3.05, 3.63) is 89.9 Å². The Bertz CT molecular complexity index is 1340. The molecule has 1 saturated heterocycles. The van der Waals surface area contributed by atoms with Gasteiger partial charge in [-0.1, -0.05) is 48.5 Å². The average molecular weight is 467 g/mol. The van der Waals surface area contributed by atoms with Crippen LogP contribution in [0.1, 0.15) is 27.9 Å². The Labute approximate surface area is 190 Å². The van der Waals surface area contributed by atoms with E-state index in [1.165, 1.54) is 16.4 Å². The van der Waals surface area contributed by atoms with Gasteiger partial charge in [-0.05, 0) is 29.8 Å². The minimum absolute atomic E-state index is 0.0983. The number of amides is 1. The number of carbonyl (C=O) groups is 1. The Hall–Kier alpha value is -3.40. The van der Waals surface area contributed by atoms with Crippen LogP contribution in [0.25, 0.3) is 11.0 Å². The third-order valence-corrected chi connectivity index (χ3v) is 7.28. The monoisotopic (exact) mass is 466 g/mol. The van der Waals surface area contributed by atoms with Gasteiger partial charge in [0.2, 0.25) is 5.09 Å². The highest BCUT2D eigenvalue weighted by Crippen LogP contribution is 2.29. The van der Waals surface area contributed by atoms with E-state index >= 15 is 0 Å². The summed E-state index contributed by atoms with van der Waals surface area (Å²) in [6.07, 6.45) is 0. The number of furan rings is 2. The molecule has 8 nitrogen and oxygen atoms in total. The van der Waals surface area contributed by atoms with Gasteiger partial charge in [0.1, 0.15) is 17.4 Å². The summed E-state index contributed by atoms with van der Waals surface area (Å²) in [4.78, 5) is 13.1. The number of sulfonamides is 1. The second kappa shape index (κ2) is 8.86. The van der Waals surface area contributed by atoms with Crippen molar-refractivity contribution >= 4 is 26.9 Å². The van der Waals surface area contributed by atoms with Gasteiger partial charge in [0.25, 0.3) is 15.9 Å². The molecule has 0 radical (unpaired) electrons. The number of fused-ring (bicyclic) bond motifs is 1. The Morgan fingerprint density at radius 2 is 1.64 bits per heavy atom. The zero-order valence-electron chi connectivity index (χ0n) is 17.6. The van der Waals surface area contributed by atoms with Crippen molar-refractivity contribution < 1.29 is 26.8 Å². The summed E-state index contributed by atoms with van der Waals surface area (Å²) in [6, 6.07) is 20.9. The summed E-state index contributed by atoms with van der Waals surface area (Å²) in [5, 5.41) is 3.56. The molecule has 0 unspecified atom stereocenters. The maximum Gasteiger partial charge on any atom is 0.287 e. The van der Waals surface area contributed by atoms with Crippen LogP contribution in [0, 0.1) is 0 Å². The lowest BCUT2D eigenvalue weighted by atomic mass is 10.0. The van der Waals surface area contributed by atoms with E-state index in [-0.39, 0.29) is 23.9 Å². The van der Waals surface area contributed by atoms with Crippen molar-refractivity contribution in [2.24, 2.45) is 0 Å². The van der Waals surface area contributed by atoms with Gasteiger partial charge in [0.05, 0.1) is 13.2 Å². The molecule has 5 rings (SSSR count). The van der Waals surface area contributed by atoms with Crippen LogP contribution >= 0.6 is 0 Å². The molecular formula is C24H22N2O6S. The molecule has 33 heavy (non-hydrogen) atoms. The molecule has 0 spiro atoms. The number of carbonyl (C=O) groups excluding carboxylic acids is 1. The van der Waals surface area contributed by atoms with E-state index in [1.54, 1.807) is 0 Å². The van der Waals surface area contributed by atoms with Crippen LogP contribution in [0.15, 0.2) is 86.7 Å². The second-order valence-corrected chi connectivity index (χ2v) is 9.51. The lowest BCUT2D eigenvalue weighted by molar-refractivity contribution is 0.0722. The molecule has 1 aliphatic heterocycles. The first-order valence-electron chi connectivity index (χ1n) is 10.5. The van der Waals surface area contributed by atoms with Crippen LogP contribution < -0.4 is 5.32 Å². The number of rotatable bonds is 6. The number of hydrogen-bond donors (Lipinski definition) is 1. The third-order valence-electron chi connectivity index (χ3n) is 5.51. The number of nitrogens with zero attached hydrogens (tertiary/aromatic N) is 1. The molecule has 1 N–H and O–H groups in total. The normalized spacial score (nSPS) is 16.0. The zero-order chi connectivity index (χ0) is 22.8. The van der Waals surface area contributed by atoms with Crippen LogP contribution in [0.2, 0.25) is 0 Å². The summed E-state index contributed by atoms with van der Waals surface area (Å²) in [6.45, 7) is 1.13. The summed E-state index contributed by atoms with van der Waals surface area (Å²) < 4.78 is 43.6. The van der Waals surface area contributed by atoms with Crippen molar-refractivity contribution in [1.82, 2.24) is 9.62 Å². The van der Waals surface area contributed by atoms with Crippen LogP contribution in [-0.4, -0.2) is 44.9 Å². The first kappa shape index (κ1) is 21.4. The van der Waals surface area contributed by atoms with E-state index < -0.39 is 22.0 Å². The van der Waals surface area contributed by atoms with Crippen molar-refractivity contribution in [3.8, 4) is 0 Å². The first-order chi connectivity index (χ1) is 16.0. The number of benzene rings is 2. The quantitative estimate of drug-likeness (QED) is 0.466. The number of para-hydroxylation sites is 1.